The standard InChI is InChI=1S/C20H20BrNO/c1-4-11-7-12-8-15-14-6-5-13(21)9-17(14)22-19(15)20(2,3)16(12)10-18(11)23/h5-7,9-10,22-23H,4,8H2,1-3H3. The number of aromatic hydroxyl groups is 1. The van der Waals surface area contributed by atoms with E-state index in [1.165, 1.54) is 33.3 Å². The summed E-state index contributed by atoms with van der Waals surface area (Å²) in [6.07, 6.45) is 1.77. The number of halogens is 1. The number of phenols is 1. The lowest BCUT2D eigenvalue weighted by molar-refractivity contribution is 0.464. The van der Waals surface area contributed by atoms with Gasteiger partial charge in [-0.25, -0.2) is 0 Å². The van der Waals surface area contributed by atoms with Crippen molar-refractivity contribution in [2.45, 2.75) is 39.0 Å². The Morgan fingerprint density at radius 1 is 1.22 bits per heavy atom. The second kappa shape index (κ2) is 4.88. The molecule has 0 amide bonds. The summed E-state index contributed by atoms with van der Waals surface area (Å²) in [6.45, 7) is 6.56. The predicted molar refractivity (Wildman–Crippen MR) is 98.4 cm³/mol. The van der Waals surface area contributed by atoms with E-state index in [-0.39, 0.29) is 5.41 Å². The van der Waals surface area contributed by atoms with Crippen molar-refractivity contribution < 1.29 is 5.11 Å². The zero-order valence-electron chi connectivity index (χ0n) is 13.6. The summed E-state index contributed by atoms with van der Waals surface area (Å²) < 4.78 is 1.09. The van der Waals surface area contributed by atoms with Gasteiger partial charge < -0.3 is 10.1 Å². The lowest BCUT2D eigenvalue weighted by Crippen LogP contribution is -2.27. The minimum atomic E-state index is -0.141. The summed E-state index contributed by atoms with van der Waals surface area (Å²) in [5, 5.41) is 11.6. The number of H-pyrrole nitrogens is 1. The smallest absolute Gasteiger partial charge is 0.119 e. The van der Waals surface area contributed by atoms with Crippen molar-refractivity contribution in [3.05, 3.63) is 62.8 Å². The Morgan fingerprint density at radius 2 is 2.00 bits per heavy atom. The average molecular weight is 370 g/mol. The molecule has 0 aliphatic heterocycles. The quantitative estimate of drug-likeness (QED) is 0.589. The van der Waals surface area contributed by atoms with E-state index < -0.39 is 0 Å². The molecule has 3 heteroatoms. The number of rotatable bonds is 1. The summed E-state index contributed by atoms with van der Waals surface area (Å²) >= 11 is 3.56. The molecule has 1 heterocycles. The molecule has 2 nitrogen and oxygen atoms in total. The van der Waals surface area contributed by atoms with Crippen molar-refractivity contribution in [2.75, 3.05) is 0 Å². The molecule has 23 heavy (non-hydrogen) atoms. The van der Waals surface area contributed by atoms with Gasteiger partial charge in [-0.3, -0.25) is 0 Å². The van der Waals surface area contributed by atoms with E-state index in [0.29, 0.717) is 5.75 Å². The number of aromatic nitrogens is 1. The number of hydrogen-bond acceptors (Lipinski definition) is 1. The van der Waals surface area contributed by atoms with Crippen LogP contribution in [0.5, 0.6) is 5.75 Å². The van der Waals surface area contributed by atoms with Gasteiger partial charge in [0.15, 0.2) is 0 Å². The van der Waals surface area contributed by atoms with E-state index in [4.69, 9.17) is 0 Å². The topological polar surface area (TPSA) is 36.0 Å². The van der Waals surface area contributed by atoms with Crippen molar-refractivity contribution in [3.8, 4) is 5.75 Å². The van der Waals surface area contributed by atoms with Gasteiger partial charge in [0.25, 0.3) is 0 Å². The second-order valence-electron chi connectivity index (χ2n) is 6.96. The van der Waals surface area contributed by atoms with Gasteiger partial charge in [-0.2, -0.15) is 0 Å². The number of benzene rings is 2. The molecule has 0 unspecified atom stereocenters. The first-order valence-electron chi connectivity index (χ1n) is 8.07. The highest BCUT2D eigenvalue weighted by atomic mass is 79.9. The summed E-state index contributed by atoms with van der Waals surface area (Å²) in [7, 11) is 0. The summed E-state index contributed by atoms with van der Waals surface area (Å²) in [4.78, 5) is 3.62. The Kier molecular flexibility index (Phi) is 3.14. The van der Waals surface area contributed by atoms with E-state index in [9.17, 15) is 5.11 Å². The van der Waals surface area contributed by atoms with Gasteiger partial charge in [0.1, 0.15) is 5.75 Å². The molecule has 4 rings (SSSR count). The molecule has 1 aliphatic rings. The van der Waals surface area contributed by atoms with Crippen LogP contribution >= 0.6 is 15.9 Å². The highest BCUT2D eigenvalue weighted by Crippen LogP contribution is 2.45. The molecule has 3 aromatic rings. The summed E-state index contributed by atoms with van der Waals surface area (Å²) in [5.74, 6) is 0.418. The van der Waals surface area contributed by atoms with Crippen LogP contribution in [-0.4, -0.2) is 10.1 Å². The van der Waals surface area contributed by atoms with E-state index in [1.54, 1.807) is 0 Å². The third-order valence-electron chi connectivity index (χ3n) is 5.22. The van der Waals surface area contributed by atoms with Gasteiger partial charge in [-0.15, -0.1) is 0 Å². The molecule has 0 bridgehead atoms. The molecule has 0 atom stereocenters. The van der Waals surface area contributed by atoms with E-state index in [1.807, 2.05) is 6.07 Å². The zero-order chi connectivity index (χ0) is 16.4. The molecule has 2 N–H and O–H groups in total. The number of hydrogen-bond donors (Lipinski definition) is 2. The number of fused-ring (bicyclic) bond motifs is 4. The molecule has 0 saturated heterocycles. The van der Waals surface area contributed by atoms with Gasteiger partial charge in [0.05, 0.1) is 0 Å². The number of nitrogens with one attached hydrogen (secondary N) is 1. The maximum atomic E-state index is 10.3. The first kappa shape index (κ1) is 14.8. The SMILES string of the molecule is CCc1cc2c(cc1O)C(C)(C)c1[nH]c3cc(Br)ccc3c1C2. The minimum absolute atomic E-state index is 0.141. The molecular weight excluding hydrogens is 350 g/mol. The second-order valence-corrected chi connectivity index (χ2v) is 7.88. The van der Waals surface area contributed by atoms with Crippen LogP contribution in [0.2, 0.25) is 0 Å². The number of aromatic amines is 1. The molecule has 2 aromatic carbocycles. The van der Waals surface area contributed by atoms with Crippen LogP contribution in [0.4, 0.5) is 0 Å². The zero-order valence-corrected chi connectivity index (χ0v) is 15.2. The molecule has 0 fully saturated rings. The maximum absolute atomic E-state index is 10.3. The van der Waals surface area contributed by atoms with Crippen LogP contribution in [0.25, 0.3) is 10.9 Å². The Bertz CT molecular complexity index is 936. The van der Waals surface area contributed by atoms with Crippen LogP contribution in [0, 0.1) is 0 Å². The fraction of sp³-hybridized carbons (Fsp3) is 0.300. The van der Waals surface area contributed by atoms with E-state index in [2.05, 4.69) is 66.0 Å². The number of aryl methyl sites for hydroxylation is 1. The van der Waals surface area contributed by atoms with Crippen LogP contribution in [0.15, 0.2) is 34.8 Å². The third-order valence-corrected chi connectivity index (χ3v) is 5.71. The Balaban J connectivity index is 2.00. The van der Waals surface area contributed by atoms with Crippen LogP contribution in [-0.2, 0) is 18.3 Å². The average Bonchev–Trinajstić information content (AvgIpc) is 2.86. The van der Waals surface area contributed by atoms with Crippen molar-refractivity contribution in [3.63, 3.8) is 0 Å². The van der Waals surface area contributed by atoms with Crippen LogP contribution in [0.1, 0.15) is 48.7 Å². The van der Waals surface area contributed by atoms with Gasteiger partial charge in [-0.05, 0) is 46.9 Å². The largest absolute Gasteiger partial charge is 0.508 e. The Morgan fingerprint density at radius 3 is 2.74 bits per heavy atom. The van der Waals surface area contributed by atoms with E-state index >= 15 is 0 Å². The minimum Gasteiger partial charge on any atom is -0.508 e. The highest BCUT2D eigenvalue weighted by molar-refractivity contribution is 9.10. The summed E-state index contributed by atoms with van der Waals surface area (Å²) in [6, 6.07) is 10.6. The predicted octanol–water partition coefficient (Wildman–Crippen LogP) is 5.43. The van der Waals surface area contributed by atoms with Gasteiger partial charge >= 0.3 is 0 Å². The van der Waals surface area contributed by atoms with Crippen molar-refractivity contribution in [1.82, 2.24) is 4.98 Å². The van der Waals surface area contributed by atoms with Crippen molar-refractivity contribution in [2.24, 2.45) is 0 Å². The Hall–Kier alpha value is -1.74. The molecular formula is C20H20BrNO. The third kappa shape index (κ3) is 2.06. The molecule has 0 spiro atoms. The number of phenolic OH excluding ortho intramolecular Hbond substituents is 1. The first-order valence-corrected chi connectivity index (χ1v) is 8.87. The van der Waals surface area contributed by atoms with Crippen molar-refractivity contribution in [1.29, 1.82) is 0 Å². The monoisotopic (exact) mass is 369 g/mol. The molecule has 1 aromatic heterocycles. The molecule has 1 aliphatic carbocycles. The molecule has 0 radical (unpaired) electrons. The van der Waals surface area contributed by atoms with E-state index in [0.717, 1.165) is 22.9 Å². The van der Waals surface area contributed by atoms with Crippen LogP contribution < -0.4 is 0 Å². The first-order chi connectivity index (χ1) is 10.9. The normalized spacial score (nSPS) is 15.5. The summed E-state index contributed by atoms with van der Waals surface area (Å²) in [5.41, 5.74) is 7.28. The van der Waals surface area contributed by atoms with Crippen LogP contribution in [0.3, 0.4) is 0 Å². The maximum Gasteiger partial charge on any atom is 0.119 e. The fourth-order valence-corrected chi connectivity index (χ4v) is 4.33. The fourth-order valence-electron chi connectivity index (χ4n) is 3.97. The van der Waals surface area contributed by atoms with Gasteiger partial charge in [0, 0.05) is 32.9 Å². The van der Waals surface area contributed by atoms with Gasteiger partial charge in [-0.1, -0.05) is 48.8 Å². The van der Waals surface area contributed by atoms with Gasteiger partial charge in [0.2, 0.25) is 0 Å². The lowest BCUT2D eigenvalue weighted by Gasteiger charge is -2.33. The lowest BCUT2D eigenvalue weighted by atomic mass is 9.71. The molecule has 118 valence electrons. The van der Waals surface area contributed by atoms with Crippen molar-refractivity contribution >= 4 is 26.8 Å². The Labute approximate surface area is 144 Å². The highest BCUT2D eigenvalue weighted by Gasteiger charge is 2.35. The molecule has 0 saturated carbocycles.